The second-order valence-corrected chi connectivity index (χ2v) is 9.09. The van der Waals surface area contributed by atoms with Gasteiger partial charge in [0, 0.05) is 27.8 Å². The number of aromatic amines is 1. The molecule has 1 amide bonds. The number of hydrogen-bond acceptors (Lipinski definition) is 3. The minimum atomic E-state index is -0.528. The van der Waals surface area contributed by atoms with Crippen molar-refractivity contribution in [1.82, 2.24) is 9.88 Å². The number of anilines is 1. The number of likely N-dealkylation sites (tertiary alicyclic amines) is 1. The minimum Gasteiger partial charge on any atom is -0.410 e. The Labute approximate surface area is 195 Å². The van der Waals surface area contributed by atoms with Crippen molar-refractivity contribution in [1.29, 1.82) is 0 Å². The standard InChI is InChI=1S/C26H32ClN3O2/c1-2-3-4-5-13-30-14-11-19(12-15-30)24-18-28-25-10-9-21(17-23(24)25)29-26(31)32-22-8-6-7-20(27)16-22/h6-10,16-19,28H,2-5,11-15H2,1H3,(H,29,31). The molecule has 3 aromatic rings. The molecular formula is C26H32ClN3O2. The van der Waals surface area contributed by atoms with Gasteiger partial charge in [0.05, 0.1) is 0 Å². The van der Waals surface area contributed by atoms with Crippen molar-refractivity contribution in [2.45, 2.75) is 51.4 Å². The number of H-pyrrole nitrogens is 1. The van der Waals surface area contributed by atoms with E-state index in [0.29, 0.717) is 16.7 Å². The Morgan fingerprint density at radius 1 is 1.16 bits per heavy atom. The van der Waals surface area contributed by atoms with Crippen molar-refractivity contribution in [2.75, 3.05) is 25.0 Å². The van der Waals surface area contributed by atoms with E-state index in [1.165, 1.54) is 56.0 Å². The van der Waals surface area contributed by atoms with Crippen LogP contribution in [0, 0.1) is 0 Å². The van der Waals surface area contributed by atoms with Gasteiger partial charge in [-0.1, -0.05) is 43.9 Å². The summed E-state index contributed by atoms with van der Waals surface area (Å²) >= 11 is 5.96. The number of piperidine rings is 1. The van der Waals surface area contributed by atoms with Gasteiger partial charge in [-0.25, -0.2) is 4.79 Å². The molecule has 6 heteroatoms. The smallest absolute Gasteiger partial charge is 0.410 e. The van der Waals surface area contributed by atoms with Crippen LogP contribution in [-0.4, -0.2) is 35.6 Å². The number of carbonyl (C=O) groups is 1. The second kappa shape index (κ2) is 10.9. The first-order valence-electron chi connectivity index (χ1n) is 11.7. The van der Waals surface area contributed by atoms with E-state index < -0.39 is 6.09 Å². The van der Waals surface area contributed by atoms with Crippen molar-refractivity contribution < 1.29 is 9.53 Å². The van der Waals surface area contributed by atoms with Crippen LogP contribution in [0.4, 0.5) is 10.5 Å². The number of benzene rings is 2. The molecule has 1 aliphatic rings. The van der Waals surface area contributed by atoms with Gasteiger partial charge in [-0.3, -0.25) is 5.32 Å². The lowest BCUT2D eigenvalue weighted by atomic mass is 9.89. The Morgan fingerprint density at radius 3 is 2.78 bits per heavy atom. The molecule has 0 bridgehead atoms. The summed E-state index contributed by atoms with van der Waals surface area (Å²) in [6, 6.07) is 12.7. The molecular weight excluding hydrogens is 422 g/mol. The molecule has 0 unspecified atom stereocenters. The van der Waals surface area contributed by atoms with E-state index in [9.17, 15) is 4.79 Å². The zero-order valence-corrected chi connectivity index (χ0v) is 19.5. The van der Waals surface area contributed by atoms with E-state index in [0.717, 1.165) is 24.3 Å². The van der Waals surface area contributed by atoms with Gasteiger partial charge in [-0.2, -0.15) is 0 Å². The molecule has 0 atom stereocenters. The van der Waals surface area contributed by atoms with Crippen molar-refractivity contribution in [3.8, 4) is 5.75 Å². The summed E-state index contributed by atoms with van der Waals surface area (Å²) in [4.78, 5) is 18.3. The monoisotopic (exact) mass is 453 g/mol. The second-order valence-electron chi connectivity index (χ2n) is 8.65. The summed E-state index contributed by atoms with van der Waals surface area (Å²) in [5.41, 5.74) is 3.16. The van der Waals surface area contributed by atoms with Gasteiger partial charge < -0.3 is 14.6 Å². The van der Waals surface area contributed by atoms with Crippen LogP contribution >= 0.6 is 11.6 Å². The lowest BCUT2D eigenvalue weighted by Gasteiger charge is -2.32. The summed E-state index contributed by atoms with van der Waals surface area (Å²) in [5, 5.41) is 4.54. The average Bonchev–Trinajstić information content (AvgIpc) is 3.20. The molecule has 2 N–H and O–H groups in total. The number of ether oxygens (including phenoxy) is 1. The summed E-state index contributed by atoms with van der Waals surface area (Å²) in [6.07, 6.45) is 9.25. The van der Waals surface area contributed by atoms with Crippen LogP contribution in [0.15, 0.2) is 48.7 Å². The largest absolute Gasteiger partial charge is 0.417 e. The van der Waals surface area contributed by atoms with Gasteiger partial charge in [0.1, 0.15) is 5.75 Å². The van der Waals surface area contributed by atoms with Gasteiger partial charge in [-0.15, -0.1) is 0 Å². The molecule has 1 aromatic heterocycles. The highest BCUT2D eigenvalue weighted by Crippen LogP contribution is 2.34. The number of carbonyl (C=O) groups excluding carboxylic acids is 1. The van der Waals surface area contributed by atoms with E-state index in [2.05, 4.69) is 28.3 Å². The van der Waals surface area contributed by atoms with Crippen LogP contribution < -0.4 is 10.1 Å². The molecule has 1 aliphatic heterocycles. The third-order valence-corrected chi connectivity index (χ3v) is 6.56. The van der Waals surface area contributed by atoms with E-state index in [1.54, 1.807) is 24.3 Å². The van der Waals surface area contributed by atoms with Gasteiger partial charge >= 0.3 is 6.09 Å². The maximum absolute atomic E-state index is 12.3. The van der Waals surface area contributed by atoms with Crippen molar-refractivity contribution in [2.24, 2.45) is 0 Å². The highest BCUT2D eigenvalue weighted by atomic mass is 35.5. The number of fused-ring (bicyclic) bond motifs is 1. The number of hydrogen-bond donors (Lipinski definition) is 2. The molecule has 170 valence electrons. The predicted molar refractivity (Wildman–Crippen MR) is 132 cm³/mol. The third-order valence-electron chi connectivity index (χ3n) is 6.32. The molecule has 2 aromatic carbocycles. The fourth-order valence-electron chi connectivity index (χ4n) is 4.57. The highest BCUT2D eigenvalue weighted by molar-refractivity contribution is 6.30. The quantitative estimate of drug-likeness (QED) is 0.355. The molecule has 0 radical (unpaired) electrons. The van der Waals surface area contributed by atoms with Crippen LogP contribution in [0.5, 0.6) is 5.75 Å². The number of nitrogens with one attached hydrogen (secondary N) is 2. The van der Waals surface area contributed by atoms with Crippen molar-refractivity contribution in [3.63, 3.8) is 0 Å². The Morgan fingerprint density at radius 2 is 2.00 bits per heavy atom. The molecule has 0 aliphatic carbocycles. The highest BCUT2D eigenvalue weighted by Gasteiger charge is 2.22. The Hall–Kier alpha value is -2.50. The molecule has 1 saturated heterocycles. The average molecular weight is 454 g/mol. The van der Waals surface area contributed by atoms with Crippen molar-refractivity contribution in [3.05, 3.63) is 59.2 Å². The van der Waals surface area contributed by atoms with Gasteiger partial charge in [0.25, 0.3) is 0 Å². The van der Waals surface area contributed by atoms with E-state index in [1.807, 2.05) is 18.2 Å². The van der Waals surface area contributed by atoms with Crippen LogP contribution in [0.2, 0.25) is 5.02 Å². The van der Waals surface area contributed by atoms with Crippen LogP contribution in [0.1, 0.15) is 56.9 Å². The van der Waals surface area contributed by atoms with Crippen LogP contribution in [0.3, 0.4) is 0 Å². The number of halogens is 1. The maximum atomic E-state index is 12.3. The summed E-state index contributed by atoms with van der Waals surface area (Å²) in [7, 11) is 0. The first-order chi connectivity index (χ1) is 15.6. The van der Waals surface area contributed by atoms with Gasteiger partial charge in [0.15, 0.2) is 0 Å². The normalized spacial score (nSPS) is 15.2. The van der Waals surface area contributed by atoms with E-state index in [4.69, 9.17) is 16.3 Å². The number of unbranched alkanes of at least 4 members (excludes halogenated alkanes) is 3. The van der Waals surface area contributed by atoms with Gasteiger partial charge in [0.2, 0.25) is 0 Å². The Kier molecular flexibility index (Phi) is 7.72. The Balaban J connectivity index is 1.37. The molecule has 0 saturated carbocycles. The van der Waals surface area contributed by atoms with Crippen molar-refractivity contribution >= 4 is 34.3 Å². The molecule has 4 rings (SSSR count). The first kappa shape index (κ1) is 22.7. The lowest BCUT2D eigenvalue weighted by Crippen LogP contribution is -2.33. The summed E-state index contributed by atoms with van der Waals surface area (Å²) < 4.78 is 5.35. The van der Waals surface area contributed by atoms with E-state index in [-0.39, 0.29) is 0 Å². The fourth-order valence-corrected chi connectivity index (χ4v) is 4.75. The molecule has 1 fully saturated rings. The molecule has 5 nitrogen and oxygen atoms in total. The SMILES string of the molecule is CCCCCCN1CCC(c2c[nH]c3ccc(NC(=O)Oc4cccc(Cl)c4)cc23)CC1. The summed E-state index contributed by atoms with van der Waals surface area (Å²) in [5.74, 6) is 0.962. The predicted octanol–water partition coefficient (Wildman–Crippen LogP) is 7.19. The number of aromatic nitrogens is 1. The molecule has 0 spiro atoms. The fraction of sp³-hybridized carbons (Fsp3) is 0.423. The molecule has 2 heterocycles. The molecule has 32 heavy (non-hydrogen) atoms. The summed E-state index contributed by atoms with van der Waals surface area (Å²) in [6.45, 7) is 5.81. The van der Waals surface area contributed by atoms with E-state index >= 15 is 0 Å². The number of rotatable bonds is 8. The van der Waals surface area contributed by atoms with Gasteiger partial charge in [-0.05, 0) is 86.8 Å². The zero-order chi connectivity index (χ0) is 22.3. The lowest BCUT2D eigenvalue weighted by molar-refractivity contribution is 0.209. The van der Waals surface area contributed by atoms with Crippen LogP contribution in [-0.2, 0) is 0 Å². The minimum absolute atomic E-state index is 0.417. The Bertz CT molecular complexity index is 1040. The number of amides is 1. The number of nitrogens with zero attached hydrogens (tertiary/aromatic N) is 1. The first-order valence-corrected chi connectivity index (χ1v) is 12.1. The third kappa shape index (κ3) is 5.84. The maximum Gasteiger partial charge on any atom is 0.417 e. The van der Waals surface area contributed by atoms with Crippen LogP contribution in [0.25, 0.3) is 10.9 Å². The topological polar surface area (TPSA) is 57.4 Å². The zero-order valence-electron chi connectivity index (χ0n) is 18.7.